The summed E-state index contributed by atoms with van der Waals surface area (Å²) in [6, 6.07) is 8.07. The zero-order valence-corrected chi connectivity index (χ0v) is 18.5. The molecule has 178 valence electrons. The van der Waals surface area contributed by atoms with Gasteiger partial charge >= 0.3 is 5.91 Å². The standard InChI is InChI=1S/C23H20N6O6/c1-13-19-17(25-26-22(31)15-9-11-24-12-10-15)3-2-4-18(19)35-20(13)23(32)28-27-21(30)14-5-7-16(8-6-14)29(33)34/h5-12H,2-4H2,1H3,(H,26,31)(H,27,30)(H,28,32)/b25-17+. The van der Waals surface area contributed by atoms with Crippen molar-refractivity contribution in [3.63, 3.8) is 0 Å². The van der Waals surface area contributed by atoms with E-state index in [2.05, 4.69) is 26.4 Å². The molecule has 35 heavy (non-hydrogen) atoms. The number of aryl methyl sites for hydroxylation is 1. The highest BCUT2D eigenvalue weighted by atomic mass is 16.6. The molecule has 0 fully saturated rings. The van der Waals surface area contributed by atoms with Gasteiger partial charge in [0, 0.05) is 53.2 Å². The van der Waals surface area contributed by atoms with E-state index in [0.717, 1.165) is 6.42 Å². The summed E-state index contributed by atoms with van der Waals surface area (Å²) in [5.74, 6) is -1.14. The number of carbonyl (C=O) groups is 3. The van der Waals surface area contributed by atoms with Crippen LogP contribution in [0.5, 0.6) is 0 Å². The third kappa shape index (κ3) is 5.05. The van der Waals surface area contributed by atoms with E-state index in [4.69, 9.17) is 4.42 Å². The van der Waals surface area contributed by atoms with E-state index in [0.29, 0.717) is 41.0 Å². The zero-order chi connectivity index (χ0) is 24.9. The summed E-state index contributed by atoms with van der Waals surface area (Å²) in [5, 5.41) is 15.0. The molecule has 0 aliphatic heterocycles. The van der Waals surface area contributed by atoms with Crippen molar-refractivity contribution in [2.24, 2.45) is 5.10 Å². The maximum absolute atomic E-state index is 12.7. The van der Waals surface area contributed by atoms with Gasteiger partial charge in [-0.3, -0.25) is 40.3 Å². The van der Waals surface area contributed by atoms with E-state index in [1.165, 1.54) is 36.7 Å². The van der Waals surface area contributed by atoms with Gasteiger partial charge in [0.05, 0.1) is 10.6 Å². The van der Waals surface area contributed by atoms with Crippen LogP contribution in [0.4, 0.5) is 5.69 Å². The van der Waals surface area contributed by atoms with E-state index < -0.39 is 16.7 Å². The number of carbonyl (C=O) groups excluding carboxylic acids is 3. The minimum absolute atomic E-state index is 0.00839. The number of nitrogens with one attached hydrogen (secondary N) is 3. The maximum atomic E-state index is 12.7. The van der Waals surface area contributed by atoms with Crippen molar-refractivity contribution in [3.05, 3.63) is 92.7 Å². The molecule has 3 N–H and O–H groups in total. The van der Waals surface area contributed by atoms with Crippen molar-refractivity contribution < 1.29 is 23.7 Å². The van der Waals surface area contributed by atoms with E-state index >= 15 is 0 Å². The van der Waals surface area contributed by atoms with Gasteiger partial charge < -0.3 is 4.42 Å². The van der Waals surface area contributed by atoms with Crippen LogP contribution in [0.3, 0.4) is 0 Å². The lowest BCUT2D eigenvalue weighted by atomic mass is 9.93. The summed E-state index contributed by atoms with van der Waals surface area (Å²) in [7, 11) is 0. The molecule has 0 saturated carbocycles. The molecule has 0 radical (unpaired) electrons. The number of amides is 3. The largest absolute Gasteiger partial charge is 0.455 e. The number of non-ortho nitro benzene ring substituents is 1. The maximum Gasteiger partial charge on any atom is 0.305 e. The quantitative estimate of drug-likeness (QED) is 0.375. The van der Waals surface area contributed by atoms with Crippen LogP contribution in [-0.2, 0) is 6.42 Å². The Hall–Kier alpha value is -4.87. The molecule has 2 aromatic heterocycles. The van der Waals surface area contributed by atoms with E-state index in [1.807, 2.05) is 0 Å². The lowest BCUT2D eigenvalue weighted by Crippen LogP contribution is -2.41. The van der Waals surface area contributed by atoms with E-state index in [-0.39, 0.29) is 22.9 Å². The van der Waals surface area contributed by atoms with Crippen molar-refractivity contribution in [3.8, 4) is 0 Å². The van der Waals surface area contributed by atoms with Crippen LogP contribution >= 0.6 is 0 Å². The third-order valence-corrected chi connectivity index (χ3v) is 5.40. The molecule has 4 rings (SSSR count). The molecule has 0 spiro atoms. The zero-order valence-electron chi connectivity index (χ0n) is 18.5. The molecule has 3 aromatic rings. The van der Waals surface area contributed by atoms with Crippen molar-refractivity contribution in [2.75, 3.05) is 0 Å². The van der Waals surface area contributed by atoms with Crippen LogP contribution < -0.4 is 16.3 Å². The summed E-state index contributed by atoms with van der Waals surface area (Å²) >= 11 is 0. The predicted octanol–water partition coefficient (Wildman–Crippen LogP) is 2.44. The Kier molecular flexibility index (Phi) is 6.62. The number of benzene rings is 1. The van der Waals surface area contributed by atoms with Crippen LogP contribution in [0.2, 0.25) is 0 Å². The molecule has 0 saturated heterocycles. The van der Waals surface area contributed by atoms with Crippen LogP contribution in [0.15, 0.2) is 58.3 Å². The number of nitrogens with zero attached hydrogens (tertiary/aromatic N) is 3. The Morgan fingerprint density at radius 2 is 1.63 bits per heavy atom. The second-order valence-electron chi connectivity index (χ2n) is 7.66. The number of pyridine rings is 1. The monoisotopic (exact) mass is 476 g/mol. The lowest BCUT2D eigenvalue weighted by Gasteiger charge is -2.13. The molecule has 12 heteroatoms. The number of fused-ring (bicyclic) bond motifs is 1. The molecular formula is C23H20N6O6. The summed E-state index contributed by atoms with van der Waals surface area (Å²) in [6.07, 6.45) is 4.91. The Bertz CT molecular complexity index is 1330. The van der Waals surface area contributed by atoms with Crippen molar-refractivity contribution in [1.29, 1.82) is 0 Å². The molecule has 12 nitrogen and oxygen atoms in total. The molecule has 0 unspecified atom stereocenters. The normalized spacial score (nSPS) is 13.6. The molecule has 0 atom stereocenters. The van der Waals surface area contributed by atoms with E-state index in [1.54, 1.807) is 19.1 Å². The van der Waals surface area contributed by atoms with Crippen molar-refractivity contribution >= 4 is 29.1 Å². The number of furan rings is 1. The number of nitro groups is 1. The molecule has 1 aliphatic carbocycles. The summed E-state index contributed by atoms with van der Waals surface area (Å²) in [4.78, 5) is 51.3. The smallest absolute Gasteiger partial charge is 0.305 e. The number of hydrogen-bond acceptors (Lipinski definition) is 8. The average Bonchev–Trinajstić information content (AvgIpc) is 3.23. The first-order valence-electron chi connectivity index (χ1n) is 10.6. The van der Waals surface area contributed by atoms with Gasteiger partial charge in [0.15, 0.2) is 5.76 Å². The number of nitro benzene ring substituents is 1. The highest BCUT2D eigenvalue weighted by Gasteiger charge is 2.28. The van der Waals surface area contributed by atoms with Gasteiger partial charge in [0.25, 0.3) is 17.5 Å². The number of hydrazone groups is 1. The number of hydrogen-bond donors (Lipinski definition) is 3. The Morgan fingerprint density at radius 3 is 2.31 bits per heavy atom. The second kappa shape index (κ2) is 9.95. The van der Waals surface area contributed by atoms with Crippen LogP contribution in [0, 0.1) is 17.0 Å². The van der Waals surface area contributed by atoms with Gasteiger partial charge in [-0.1, -0.05) is 0 Å². The predicted molar refractivity (Wildman–Crippen MR) is 123 cm³/mol. The first kappa shape index (κ1) is 23.3. The highest BCUT2D eigenvalue weighted by molar-refractivity contribution is 6.07. The summed E-state index contributed by atoms with van der Waals surface area (Å²) in [6.45, 7) is 1.70. The number of hydrazine groups is 1. The van der Waals surface area contributed by atoms with Crippen LogP contribution in [0.25, 0.3) is 0 Å². The topological polar surface area (TPSA) is 169 Å². The first-order valence-corrected chi connectivity index (χ1v) is 10.6. The van der Waals surface area contributed by atoms with Crippen molar-refractivity contribution in [2.45, 2.75) is 26.2 Å². The Balaban J connectivity index is 1.45. The number of rotatable bonds is 5. The van der Waals surface area contributed by atoms with Crippen LogP contribution in [-0.4, -0.2) is 33.3 Å². The number of aromatic nitrogens is 1. The van der Waals surface area contributed by atoms with Gasteiger partial charge in [0.1, 0.15) is 5.76 Å². The summed E-state index contributed by atoms with van der Waals surface area (Å²) in [5.41, 5.74) is 9.23. The minimum atomic E-state index is -0.674. The summed E-state index contributed by atoms with van der Waals surface area (Å²) < 4.78 is 5.76. The Labute approximate surface area is 198 Å². The fourth-order valence-corrected chi connectivity index (χ4v) is 3.66. The SMILES string of the molecule is Cc1c(C(=O)NNC(=O)c2ccc([N+](=O)[O-])cc2)oc2c1/C(=N/NC(=O)c1ccncc1)CCC2. The van der Waals surface area contributed by atoms with Gasteiger partial charge in [-0.25, -0.2) is 5.43 Å². The average molecular weight is 476 g/mol. The fourth-order valence-electron chi connectivity index (χ4n) is 3.66. The van der Waals surface area contributed by atoms with Gasteiger partial charge in [0.2, 0.25) is 0 Å². The molecule has 3 amide bonds. The molecule has 2 heterocycles. The fraction of sp³-hybridized carbons (Fsp3) is 0.174. The highest BCUT2D eigenvalue weighted by Crippen LogP contribution is 2.29. The second-order valence-corrected chi connectivity index (χ2v) is 7.66. The molecular weight excluding hydrogens is 456 g/mol. The lowest BCUT2D eigenvalue weighted by molar-refractivity contribution is -0.384. The third-order valence-electron chi connectivity index (χ3n) is 5.40. The van der Waals surface area contributed by atoms with Gasteiger partial charge in [-0.05, 0) is 44.0 Å². The van der Waals surface area contributed by atoms with Gasteiger partial charge in [-0.15, -0.1) is 0 Å². The van der Waals surface area contributed by atoms with Gasteiger partial charge in [-0.2, -0.15) is 5.10 Å². The molecule has 1 aliphatic rings. The van der Waals surface area contributed by atoms with Crippen molar-refractivity contribution in [1.82, 2.24) is 21.3 Å². The molecule has 1 aromatic carbocycles. The molecule has 0 bridgehead atoms. The van der Waals surface area contributed by atoms with Crippen LogP contribution in [0.1, 0.15) is 61.0 Å². The Morgan fingerprint density at radius 1 is 0.971 bits per heavy atom. The first-order chi connectivity index (χ1) is 16.8. The minimum Gasteiger partial charge on any atom is -0.455 e. The van der Waals surface area contributed by atoms with E-state index in [9.17, 15) is 24.5 Å².